The molecule has 1 N–H and O–H groups in total. The lowest BCUT2D eigenvalue weighted by Crippen LogP contribution is -2.03. The smallest absolute Gasteiger partial charge is 0.126 e. The van der Waals surface area contributed by atoms with Crippen LogP contribution in [0, 0.1) is 5.82 Å². The third-order valence-electron chi connectivity index (χ3n) is 2.51. The van der Waals surface area contributed by atoms with E-state index in [4.69, 9.17) is 11.6 Å². The van der Waals surface area contributed by atoms with Gasteiger partial charge in [0.1, 0.15) is 5.82 Å². The van der Waals surface area contributed by atoms with Crippen LogP contribution < -0.4 is 0 Å². The number of aliphatic hydroxyl groups is 1. The molecular formula is C13H11ClFNO. The van der Waals surface area contributed by atoms with E-state index in [9.17, 15) is 9.50 Å². The summed E-state index contributed by atoms with van der Waals surface area (Å²) >= 11 is 5.79. The number of aromatic nitrogens is 1. The predicted molar refractivity (Wildman–Crippen MR) is 64.3 cm³/mol. The molecule has 0 aliphatic heterocycles. The number of halogens is 2. The summed E-state index contributed by atoms with van der Waals surface area (Å²) in [6.07, 6.45) is 2.61. The second-order valence-electron chi connectivity index (χ2n) is 3.74. The molecule has 0 saturated carbocycles. The summed E-state index contributed by atoms with van der Waals surface area (Å²) in [5, 5.41) is 10.4. The Balaban J connectivity index is 2.18. The Morgan fingerprint density at radius 1 is 1.24 bits per heavy atom. The molecule has 4 heteroatoms. The van der Waals surface area contributed by atoms with Crippen LogP contribution in [0.3, 0.4) is 0 Å². The highest BCUT2D eigenvalue weighted by Crippen LogP contribution is 2.22. The van der Waals surface area contributed by atoms with Crippen LogP contribution in [0.15, 0.2) is 42.7 Å². The van der Waals surface area contributed by atoms with E-state index < -0.39 is 6.10 Å². The van der Waals surface area contributed by atoms with E-state index in [2.05, 4.69) is 4.98 Å². The molecule has 2 nitrogen and oxygen atoms in total. The second kappa shape index (κ2) is 5.25. The number of benzene rings is 1. The number of aliphatic hydroxyl groups excluding tert-OH is 1. The summed E-state index contributed by atoms with van der Waals surface area (Å²) in [5.41, 5.74) is 1.11. The maximum Gasteiger partial charge on any atom is 0.126 e. The van der Waals surface area contributed by atoms with Gasteiger partial charge in [0.15, 0.2) is 0 Å². The standard InChI is InChI=1S/C13H11ClFNO/c14-11-1-2-12(15)10(7-11)8-13(17)9-3-5-16-6-4-9/h1-7,13,17H,8H2. The molecular weight excluding hydrogens is 241 g/mol. The molecule has 2 aromatic rings. The number of hydrogen-bond acceptors (Lipinski definition) is 2. The van der Waals surface area contributed by atoms with Crippen LogP contribution in [-0.4, -0.2) is 10.1 Å². The van der Waals surface area contributed by atoms with Gasteiger partial charge in [-0.25, -0.2) is 4.39 Å². The van der Waals surface area contributed by atoms with Crippen LogP contribution >= 0.6 is 11.6 Å². The lowest BCUT2D eigenvalue weighted by atomic mass is 10.0. The SMILES string of the molecule is OC(Cc1cc(Cl)ccc1F)c1ccncc1. The van der Waals surface area contributed by atoms with Gasteiger partial charge in [0.2, 0.25) is 0 Å². The molecule has 0 aliphatic carbocycles. The van der Waals surface area contributed by atoms with Crippen molar-refractivity contribution in [2.75, 3.05) is 0 Å². The molecule has 17 heavy (non-hydrogen) atoms. The van der Waals surface area contributed by atoms with Crippen molar-refractivity contribution in [3.63, 3.8) is 0 Å². The van der Waals surface area contributed by atoms with E-state index in [-0.39, 0.29) is 12.2 Å². The van der Waals surface area contributed by atoms with Crippen LogP contribution in [-0.2, 0) is 6.42 Å². The Kier molecular flexibility index (Phi) is 3.71. The summed E-state index contributed by atoms with van der Waals surface area (Å²) in [6.45, 7) is 0. The van der Waals surface area contributed by atoms with Crippen molar-refractivity contribution in [1.82, 2.24) is 4.98 Å². The van der Waals surface area contributed by atoms with Crippen LogP contribution in [0.5, 0.6) is 0 Å². The Hall–Kier alpha value is -1.45. The predicted octanol–water partition coefficient (Wildman–Crippen LogP) is 3.15. The van der Waals surface area contributed by atoms with Crippen molar-refractivity contribution < 1.29 is 9.50 Å². The van der Waals surface area contributed by atoms with Gasteiger partial charge in [0.25, 0.3) is 0 Å². The average molecular weight is 252 g/mol. The van der Waals surface area contributed by atoms with E-state index in [1.807, 2.05) is 0 Å². The summed E-state index contributed by atoms with van der Waals surface area (Å²) in [4.78, 5) is 3.86. The molecule has 88 valence electrons. The zero-order valence-electron chi connectivity index (χ0n) is 8.98. The Labute approximate surface area is 104 Å². The first-order chi connectivity index (χ1) is 8.16. The molecule has 0 bridgehead atoms. The Bertz CT molecular complexity index is 504. The van der Waals surface area contributed by atoms with Crippen LogP contribution in [0.2, 0.25) is 5.02 Å². The minimum Gasteiger partial charge on any atom is -0.388 e. The molecule has 0 spiro atoms. The van der Waals surface area contributed by atoms with E-state index in [1.54, 1.807) is 24.5 Å². The highest BCUT2D eigenvalue weighted by Gasteiger charge is 2.11. The number of pyridine rings is 1. The third-order valence-corrected chi connectivity index (χ3v) is 2.75. The number of nitrogens with zero attached hydrogens (tertiary/aromatic N) is 1. The number of hydrogen-bond donors (Lipinski definition) is 1. The second-order valence-corrected chi connectivity index (χ2v) is 4.17. The van der Waals surface area contributed by atoms with Gasteiger partial charge in [0.05, 0.1) is 6.10 Å². The fraction of sp³-hybridized carbons (Fsp3) is 0.154. The molecule has 2 rings (SSSR count). The lowest BCUT2D eigenvalue weighted by molar-refractivity contribution is 0.177. The van der Waals surface area contributed by atoms with Crippen molar-refractivity contribution >= 4 is 11.6 Å². The van der Waals surface area contributed by atoms with Gasteiger partial charge < -0.3 is 5.11 Å². The van der Waals surface area contributed by atoms with Crippen LogP contribution in [0.4, 0.5) is 4.39 Å². The molecule has 0 amide bonds. The van der Waals surface area contributed by atoms with Gasteiger partial charge in [-0.05, 0) is 41.5 Å². The maximum absolute atomic E-state index is 13.5. The van der Waals surface area contributed by atoms with Gasteiger partial charge in [0, 0.05) is 23.8 Å². The van der Waals surface area contributed by atoms with Crippen molar-refractivity contribution in [3.05, 3.63) is 64.7 Å². The lowest BCUT2D eigenvalue weighted by Gasteiger charge is -2.11. The highest BCUT2D eigenvalue weighted by molar-refractivity contribution is 6.30. The minimum absolute atomic E-state index is 0.191. The van der Waals surface area contributed by atoms with E-state index in [0.717, 1.165) is 0 Å². The minimum atomic E-state index is -0.758. The fourth-order valence-electron chi connectivity index (χ4n) is 1.61. The summed E-state index contributed by atoms with van der Waals surface area (Å²) in [6, 6.07) is 7.72. The maximum atomic E-state index is 13.5. The van der Waals surface area contributed by atoms with Crippen molar-refractivity contribution in [1.29, 1.82) is 0 Å². The topological polar surface area (TPSA) is 33.1 Å². The van der Waals surface area contributed by atoms with Gasteiger partial charge in [-0.3, -0.25) is 4.98 Å². The zero-order valence-corrected chi connectivity index (χ0v) is 9.73. The first-order valence-electron chi connectivity index (χ1n) is 5.19. The van der Waals surface area contributed by atoms with E-state index in [1.165, 1.54) is 18.2 Å². The molecule has 1 aromatic carbocycles. The normalized spacial score (nSPS) is 12.4. The summed E-state index contributed by atoms with van der Waals surface area (Å²) < 4.78 is 13.5. The molecule has 1 aromatic heterocycles. The van der Waals surface area contributed by atoms with Gasteiger partial charge in [-0.2, -0.15) is 0 Å². The van der Waals surface area contributed by atoms with Crippen molar-refractivity contribution in [3.8, 4) is 0 Å². The van der Waals surface area contributed by atoms with Crippen LogP contribution in [0.25, 0.3) is 0 Å². The summed E-state index contributed by atoms with van der Waals surface area (Å²) in [5.74, 6) is -0.359. The van der Waals surface area contributed by atoms with Gasteiger partial charge in [-0.1, -0.05) is 11.6 Å². The number of rotatable bonds is 3. The first-order valence-corrected chi connectivity index (χ1v) is 5.56. The average Bonchev–Trinajstić information content (AvgIpc) is 2.35. The molecule has 1 unspecified atom stereocenters. The Morgan fingerprint density at radius 2 is 1.94 bits per heavy atom. The largest absolute Gasteiger partial charge is 0.388 e. The molecule has 0 fully saturated rings. The third kappa shape index (κ3) is 3.02. The van der Waals surface area contributed by atoms with Crippen molar-refractivity contribution in [2.24, 2.45) is 0 Å². The molecule has 1 atom stereocenters. The summed E-state index contributed by atoms with van der Waals surface area (Å²) in [7, 11) is 0. The monoisotopic (exact) mass is 251 g/mol. The molecule has 1 heterocycles. The highest BCUT2D eigenvalue weighted by atomic mass is 35.5. The van der Waals surface area contributed by atoms with E-state index >= 15 is 0 Å². The first kappa shape index (κ1) is 12.0. The van der Waals surface area contributed by atoms with Gasteiger partial charge >= 0.3 is 0 Å². The van der Waals surface area contributed by atoms with Crippen LogP contribution in [0.1, 0.15) is 17.2 Å². The van der Waals surface area contributed by atoms with E-state index in [0.29, 0.717) is 16.1 Å². The molecule has 0 aliphatic rings. The fourth-order valence-corrected chi connectivity index (χ4v) is 1.81. The van der Waals surface area contributed by atoms with Gasteiger partial charge in [-0.15, -0.1) is 0 Å². The molecule has 0 radical (unpaired) electrons. The molecule has 0 saturated heterocycles. The zero-order chi connectivity index (χ0) is 12.3. The quantitative estimate of drug-likeness (QED) is 0.909. The van der Waals surface area contributed by atoms with Crippen molar-refractivity contribution in [2.45, 2.75) is 12.5 Å². The Morgan fingerprint density at radius 3 is 2.65 bits per heavy atom.